The fourth-order valence-corrected chi connectivity index (χ4v) is 1.82. The number of nitrogen functional groups attached to an aromatic ring is 1. The fraction of sp³-hybridized carbons (Fsp3) is 0.556. The first-order valence-electron chi connectivity index (χ1n) is 4.98. The number of hydrogen-bond acceptors (Lipinski definition) is 5. The summed E-state index contributed by atoms with van der Waals surface area (Å²) in [5.74, 6) is 0.455. The largest absolute Gasteiger partial charge is 0.389 e. The molecule has 1 aliphatic rings. The molecule has 0 saturated heterocycles. The van der Waals surface area contributed by atoms with E-state index >= 15 is 0 Å². The van der Waals surface area contributed by atoms with Crippen LogP contribution in [0.3, 0.4) is 0 Å². The molecule has 0 spiro atoms. The lowest BCUT2D eigenvalue weighted by molar-refractivity contribution is -0.122. The van der Waals surface area contributed by atoms with E-state index in [1.54, 1.807) is 6.20 Å². The Morgan fingerprint density at radius 3 is 3.00 bits per heavy atom. The van der Waals surface area contributed by atoms with E-state index in [4.69, 9.17) is 5.73 Å². The van der Waals surface area contributed by atoms with Crippen LogP contribution in [-0.4, -0.2) is 24.0 Å². The molecule has 0 aliphatic heterocycles. The van der Waals surface area contributed by atoms with Gasteiger partial charge in [0.25, 0.3) is 0 Å². The molecule has 0 bridgehead atoms. The van der Waals surface area contributed by atoms with Crippen LogP contribution in [0.2, 0.25) is 0 Å². The van der Waals surface area contributed by atoms with Crippen LogP contribution in [0.1, 0.15) is 12.8 Å². The van der Waals surface area contributed by atoms with E-state index in [0.717, 1.165) is 18.0 Å². The van der Waals surface area contributed by atoms with Gasteiger partial charge < -0.3 is 16.4 Å². The molecule has 1 amide bonds. The molecule has 1 aromatic heterocycles. The number of carbonyl (C=O) groups is 1. The van der Waals surface area contributed by atoms with Crippen molar-refractivity contribution in [1.29, 1.82) is 0 Å². The van der Waals surface area contributed by atoms with Gasteiger partial charge in [-0.3, -0.25) is 4.79 Å². The summed E-state index contributed by atoms with van der Waals surface area (Å²) in [6, 6.07) is 0. The molecule has 82 valence electrons. The van der Waals surface area contributed by atoms with E-state index in [-0.39, 0.29) is 11.8 Å². The van der Waals surface area contributed by atoms with Crippen molar-refractivity contribution in [2.45, 2.75) is 12.8 Å². The molecule has 15 heavy (non-hydrogen) atoms. The van der Waals surface area contributed by atoms with Crippen LogP contribution in [0.4, 0.5) is 10.1 Å². The third-order valence-corrected chi connectivity index (χ3v) is 2.96. The Labute approximate surface area is 92.1 Å². The van der Waals surface area contributed by atoms with Crippen molar-refractivity contribution in [2.24, 2.45) is 5.92 Å². The van der Waals surface area contributed by atoms with Crippen molar-refractivity contribution in [3.05, 3.63) is 6.20 Å². The zero-order chi connectivity index (χ0) is 10.7. The molecule has 6 heteroatoms. The van der Waals surface area contributed by atoms with Crippen molar-refractivity contribution in [3.8, 4) is 0 Å². The molecule has 1 saturated carbocycles. The predicted molar refractivity (Wildman–Crippen MR) is 60.7 cm³/mol. The number of nitrogens with two attached hydrogens (primary N) is 1. The van der Waals surface area contributed by atoms with Gasteiger partial charge in [-0.1, -0.05) is 11.3 Å². The highest BCUT2D eigenvalue weighted by atomic mass is 32.1. The summed E-state index contributed by atoms with van der Waals surface area (Å²) in [6.45, 7) is 1.32. The van der Waals surface area contributed by atoms with E-state index in [9.17, 15) is 4.79 Å². The number of nitrogens with one attached hydrogen (secondary N) is 2. The van der Waals surface area contributed by atoms with Crippen molar-refractivity contribution < 1.29 is 4.79 Å². The Balaban J connectivity index is 1.60. The van der Waals surface area contributed by atoms with Gasteiger partial charge in [0.1, 0.15) is 5.00 Å². The fourth-order valence-electron chi connectivity index (χ4n) is 1.21. The zero-order valence-corrected chi connectivity index (χ0v) is 9.14. The van der Waals surface area contributed by atoms with E-state index in [2.05, 4.69) is 15.6 Å². The lowest BCUT2D eigenvalue weighted by Crippen LogP contribution is -2.29. The number of anilines is 2. The third-order valence-electron chi connectivity index (χ3n) is 2.17. The first kappa shape index (κ1) is 10.2. The predicted octanol–water partition coefficient (Wildman–Crippen LogP) is 0.663. The van der Waals surface area contributed by atoms with Gasteiger partial charge in [-0.2, -0.15) is 0 Å². The second-order valence-electron chi connectivity index (χ2n) is 3.56. The normalized spacial score (nSPS) is 14.9. The number of hydrogen-bond donors (Lipinski definition) is 3. The molecule has 2 rings (SSSR count). The second-order valence-corrected chi connectivity index (χ2v) is 4.62. The van der Waals surface area contributed by atoms with E-state index in [1.165, 1.54) is 11.3 Å². The van der Waals surface area contributed by atoms with Crippen molar-refractivity contribution in [1.82, 2.24) is 10.3 Å². The lowest BCUT2D eigenvalue weighted by atomic mass is 10.4. The van der Waals surface area contributed by atoms with Gasteiger partial charge in [-0.25, -0.2) is 4.98 Å². The van der Waals surface area contributed by atoms with Crippen LogP contribution in [0.25, 0.3) is 0 Å². The van der Waals surface area contributed by atoms with Gasteiger partial charge in [0.2, 0.25) is 5.91 Å². The van der Waals surface area contributed by atoms with E-state index in [1.807, 2.05) is 0 Å². The Morgan fingerprint density at radius 1 is 1.60 bits per heavy atom. The summed E-state index contributed by atoms with van der Waals surface area (Å²) < 4.78 is 0. The molecular formula is C9H14N4OS. The number of nitrogens with zero attached hydrogens (tertiary/aromatic N) is 1. The summed E-state index contributed by atoms with van der Waals surface area (Å²) in [4.78, 5) is 15.3. The quantitative estimate of drug-likeness (QED) is 0.644. The Bertz CT molecular complexity index is 348. The van der Waals surface area contributed by atoms with Crippen LogP contribution < -0.4 is 16.4 Å². The van der Waals surface area contributed by atoms with Crippen molar-refractivity contribution in [3.63, 3.8) is 0 Å². The summed E-state index contributed by atoms with van der Waals surface area (Å²) in [6.07, 6.45) is 3.71. The smallest absolute Gasteiger partial charge is 0.223 e. The highest BCUT2D eigenvalue weighted by molar-refractivity contribution is 7.19. The molecule has 4 N–H and O–H groups in total. The molecule has 0 atom stereocenters. The third kappa shape index (κ3) is 3.09. The van der Waals surface area contributed by atoms with Gasteiger partial charge in [0.15, 0.2) is 5.13 Å². The number of thiazole rings is 1. The molecule has 1 fully saturated rings. The summed E-state index contributed by atoms with van der Waals surface area (Å²) in [7, 11) is 0. The van der Waals surface area contributed by atoms with Crippen LogP contribution in [0.15, 0.2) is 6.20 Å². The maximum atomic E-state index is 11.2. The Hall–Kier alpha value is -1.30. The van der Waals surface area contributed by atoms with Gasteiger partial charge >= 0.3 is 0 Å². The topological polar surface area (TPSA) is 80.0 Å². The number of aromatic nitrogens is 1. The first-order valence-corrected chi connectivity index (χ1v) is 5.80. The molecule has 0 unspecified atom stereocenters. The molecule has 1 aliphatic carbocycles. The Morgan fingerprint density at radius 2 is 2.40 bits per heavy atom. The van der Waals surface area contributed by atoms with E-state index in [0.29, 0.717) is 18.1 Å². The average Bonchev–Trinajstić information content (AvgIpc) is 2.98. The average molecular weight is 226 g/mol. The molecule has 1 aromatic rings. The standard InChI is InChI=1S/C9H14N4OS/c10-7-5-13-9(15-7)12-4-3-11-8(14)6-1-2-6/h5-6H,1-4,10H2,(H,11,14)(H,12,13). The van der Waals surface area contributed by atoms with Crippen molar-refractivity contribution >= 4 is 27.4 Å². The molecule has 0 radical (unpaired) electrons. The minimum atomic E-state index is 0.176. The number of rotatable bonds is 5. The summed E-state index contributed by atoms with van der Waals surface area (Å²) in [5.41, 5.74) is 5.53. The molecule has 1 heterocycles. The number of carbonyl (C=O) groups excluding carboxylic acids is 1. The number of amides is 1. The van der Waals surface area contributed by atoms with Gasteiger partial charge in [-0.15, -0.1) is 0 Å². The van der Waals surface area contributed by atoms with Gasteiger partial charge in [0.05, 0.1) is 6.20 Å². The van der Waals surface area contributed by atoms with Gasteiger partial charge in [0, 0.05) is 19.0 Å². The lowest BCUT2D eigenvalue weighted by Gasteiger charge is -2.04. The van der Waals surface area contributed by atoms with Gasteiger partial charge in [-0.05, 0) is 12.8 Å². The minimum Gasteiger partial charge on any atom is -0.389 e. The first-order chi connectivity index (χ1) is 7.25. The Kier molecular flexibility index (Phi) is 3.05. The molecule has 0 aromatic carbocycles. The van der Waals surface area contributed by atoms with E-state index < -0.39 is 0 Å². The van der Waals surface area contributed by atoms with Crippen molar-refractivity contribution in [2.75, 3.05) is 24.1 Å². The summed E-state index contributed by atoms with van der Waals surface area (Å²) >= 11 is 1.41. The zero-order valence-electron chi connectivity index (χ0n) is 8.32. The highest BCUT2D eigenvalue weighted by Gasteiger charge is 2.28. The second kappa shape index (κ2) is 4.48. The highest BCUT2D eigenvalue weighted by Crippen LogP contribution is 2.28. The van der Waals surface area contributed by atoms with Crippen LogP contribution in [0.5, 0.6) is 0 Å². The van der Waals surface area contributed by atoms with Crippen LogP contribution >= 0.6 is 11.3 Å². The molecular weight excluding hydrogens is 212 g/mol. The van der Waals surface area contributed by atoms with Crippen LogP contribution in [0, 0.1) is 5.92 Å². The summed E-state index contributed by atoms with van der Waals surface area (Å²) in [5, 5.41) is 7.45. The maximum absolute atomic E-state index is 11.2. The SMILES string of the molecule is Nc1cnc(NCCNC(=O)C2CC2)s1. The minimum absolute atomic E-state index is 0.176. The monoisotopic (exact) mass is 226 g/mol. The maximum Gasteiger partial charge on any atom is 0.223 e. The molecule has 5 nitrogen and oxygen atoms in total. The van der Waals surface area contributed by atoms with Crippen LogP contribution in [-0.2, 0) is 4.79 Å².